The molecule has 0 aromatic heterocycles. The van der Waals surface area contributed by atoms with Crippen molar-refractivity contribution in [1.82, 2.24) is 0 Å². The van der Waals surface area contributed by atoms with E-state index in [1.54, 1.807) is 31.2 Å². The lowest BCUT2D eigenvalue weighted by molar-refractivity contribution is 0.264. The normalized spacial score (nSPS) is 10.3. The van der Waals surface area contributed by atoms with Crippen LogP contribution in [0.3, 0.4) is 0 Å². The van der Waals surface area contributed by atoms with Crippen LogP contribution < -0.4 is 9.80 Å². The maximum atomic E-state index is 13.1. The Labute approximate surface area is 144 Å². The van der Waals surface area contributed by atoms with Crippen LogP contribution >= 0.6 is 23.8 Å². The predicted octanol–water partition coefficient (Wildman–Crippen LogP) is 4.49. The predicted molar refractivity (Wildman–Crippen MR) is 90.8 cm³/mol. The first kappa shape index (κ1) is 17.5. The fourth-order valence-corrected chi connectivity index (χ4v) is 2.24. The van der Waals surface area contributed by atoms with E-state index in [2.05, 4.69) is 0 Å². The molecule has 0 saturated heterocycles. The van der Waals surface area contributed by atoms with Gasteiger partial charge < -0.3 is 9.47 Å². The molecule has 4 nitrogen and oxygen atoms in total. The van der Waals surface area contributed by atoms with E-state index in [-0.39, 0.29) is 17.6 Å². The average molecular weight is 356 g/mol. The van der Waals surface area contributed by atoms with Gasteiger partial charge in [0.25, 0.3) is 5.17 Å². The van der Waals surface area contributed by atoms with Gasteiger partial charge in [-0.15, -0.1) is 0 Å². The lowest BCUT2D eigenvalue weighted by Gasteiger charge is -2.20. The van der Waals surface area contributed by atoms with Gasteiger partial charge in [0.1, 0.15) is 18.2 Å². The van der Waals surface area contributed by atoms with Gasteiger partial charge in [-0.2, -0.15) is 5.06 Å². The molecule has 0 aliphatic carbocycles. The highest BCUT2D eigenvalue weighted by Gasteiger charge is 2.15. The second-order valence-electron chi connectivity index (χ2n) is 4.75. The van der Waals surface area contributed by atoms with E-state index in [0.717, 1.165) is 5.06 Å². The number of aryl methyl sites for hydroxylation is 1. The van der Waals surface area contributed by atoms with Crippen LogP contribution in [-0.2, 0) is 11.3 Å². The Kier molecular flexibility index (Phi) is 5.76. The third-order valence-electron chi connectivity index (χ3n) is 3.14. The molecule has 23 heavy (non-hydrogen) atoms. The molecule has 0 unspecified atom stereocenters. The molecule has 2 aromatic rings. The van der Waals surface area contributed by atoms with Gasteiger partial charge in [-0.3, -0.25) is 5.21 Å². The van der Waals surface area contributed by atoms with Crippen molar-refractivity contribution in [2.45, 2.75) is 13.5 Å². The highest BCUT2D eigenvalue weighted by atomic mass is 35.5. The molecule has 0 aliphatic rings. The zero-order valence-electron chi connectivity index (χ0n) is 12.5. The molecule has 122 valence electrons. The molecule has 0 heterocycles. The summed E-state index contributed by atoms with van der Waals surface area (Å²) in [5.74, 6) is 0.222. The molecule has 0 spiro atoms. The standard InChI is InChI=1S/C16H15ClFNO3S/c1-10-7-13(18)5-6-15(10)22-9-11-3-4-12(17)8-14(11)19(20)16(23)21-2/h3-8,20H,9H2,1-2H3. The van der Waals surface area contributed by atoms with E-state index in [1.807, 2.05) is 0 Å². The summed E-state index contributed by atoms with van der Waals surface area (Å²) in [6.07, 6.45) is 0. The maximum Gasteiger partial charge on any atom is 0.288 e. The second-order valence-corrected chi connectivity index (χ2v) is 5.54. The molecule has 0 aliphatic heterocycles. The van der Waals surface area contributed by atoms with Crippen molar-refractivity contribution in [3.8, 4) is 5.75 Å². The molecule has 0 saturated carbocycles. The first-order valence-electron chi connectivity index (χ1n) is 6.66. The Hall–Kier alpha value is -1.89. The minimum absolute atomic E-state index is 0.119. The largest absolute Gasteiger partial charge is 0.489 e. The highest BCUT2D eigenvalue weighted by molar-refractivity contribution is 7.80. The molecule has 2 aromatic carbocycles. The van der Waals surface area contributed by atoms with Crippen molar-refractivity contribution in [3.63, 3.8) is 0 Å². The van der Waals surface area contributed by atoms with Crippen molar-refractivity contribution >= 4 is 34.7 Å². The van der Waals surface area contributed by atoms with E-state index in [9.17, 15) is 9.60 Å². The molecule has 0 radical (unpaired) electrons. The monoisotopic (exact) mass is 355 g/mol. The van der Waals surface area contributed by atoms with Crippen LogP contribution in [0, 0.1) is 12.7 Å². The van der Waals surface area contributed by atoms with Gasteiger partial charge >= 0.3 is 0 Å². The number of benzene rings is 2. The van der Waals surface area contributed by atoms with Crippen molar-refractivity contribution in [3.05, 3.63) is 58.4 Å². The minimum Gasteiger partial charge on any atom is -0.489 e. The van der Waals surface area contributed by atoms with E-state index in [0.29, 0.717) is 27.6 Å². The fraction of sp³-hybridized carbons (Fsp3) is 0.188. The van der Waals surface area contributed by atoms with Gasteiger partial charge in [-0.25, -0.2) is 4.39 Å². The zero-order chi connectivity index (χ0) is 17.0. The second kappa shape index (κ2) is 7.59. The molecule has 1 N–H and O–H groups in total. The van der Waals surface area contributed by atoms with Crippen LogP contribution in [0.4, 0.5) is 10.1 Å². The van der Waals surface area contributed by atoms with Crippen LogP contribution in [0.5, 0.6) is 5.75 Å². The number of methoxy groups -OCH3 is 1. The van der Waals surface area contributed by atoms with E-state index < -0.39 is 0 Å². The van der Waals surface area contributed by atoms with Crippen molar-refractivity contribution < 1.29 is 19.1 Å². The molecule has 0 fully saturated rings. The van der Waals surface area contributed by atoms with Crippen molar-refractivity contribution in [2.24, 2.45) is 0 Å². The number of nitrogens with zero attached hydrogens (tertiary/aromatic N) is 1. The number of anilines is 1. The molecular formula is C16H15ClFNO3S. The van der Waals surface area contributed by atoms with Crippen LogP contribution in [-0.4, -0.2) is 17.5 Å². The Balaban J connectivity index is 2.24. The zero-order valence-corrected chi connectivity index (χ0v) is 14.1. The molecule has 2 rings (SSSR count). The molecular weight excluding hydrogens is 341 g/mol. The molecule has 0 bridgehead atoms. The van der Waals surface area contributed by atoms with Gasteiger partial charge in [0, 0.05) is 10.6 Å². The summed E-state index contributed by atoms with van der Waals surface area (Å²) in [6, 6.07) is 9.18. The first-order chi connectivity index (χ1) is 10.9. The van der Waals surface area contributed by atoms with Crippen LogP contribution in [0.1, 0.15) is 11.1 Å². The lowest BCUT2D eigenvalue weighted by atomic mass is 10.2. The Morgan fingerprint density at radius 3 is 2.70 bits per heavy atom. The number of hydroxylamine groups is 1. The lowest BCUT2D eigenvalue weighted by Crippen LogP contribution is -2.27. The summed E-state index contributed by atoms with van der Waals surface area (Å²) in [5.41, 5.74) is 1.66. The number of rotatable bonds is 4. The van der Waals surface area contributed by atoms with Gasteiger partial charge in [0.05, 0.1) is 12.8 Å². The van der Waals surface area contributed by atoms with E-state index in [4.69, 9.17) is 33.3 Å². The number of hydrogen-bond acceptors (Lipinski definition) is 4. The summed E-state index contributed by atoms with van der Waals surface area (Å²) in [6.45, 7) is 1.89. The third-order valence-corrected chi connectivity index (χ3v) is 3.72. The van der Waals surface area contributed by atoms with Crippen LogP contribution in [0.25, 0.3) is 0 Å². The van der Waals surface area contributed by atoms with Crippen molar-refractivity contribution in [2.75, 3.05) is 12.2 Å². The van der Waals surface area contributed by atoms with Crippen LogP contribution in [0.15, 0.2) is 36.4 Å². The topological polar surface area (TPSA) is 41.9 Å². The number of halogens is 2. The van der Waals surface area contributed by atoms with Crippen molar-refractivity contribution in [1.29, 1.82) is 0 Å². The summed E-state index contributed by atoms with van der Waals surface area (Å²) in [5, 5.41) is 11.1. The molecule has 7 heteroatoms. The Morgan fingerprint density at radius 2 is 2.04 bits per heavy atom. The highest BCUT2D eigenvalue weighted by Crippen LogP contribution is 2.27. The van der Waals surface area contributed by atoms with Gasteiger partial charge in [-0.1, -0.05) is 17.7 Å². The summed E-state index contributed by atoms with van der Waals surface area (Å²) >= 11 is 10.9. The van der Waals surface area contributed by atoms with E-state index in [1.165, 1.54) is 19.2 Å². The Bertz CT molecular complexity index is 726. The number of hydrogen-bond donors (Lipinski definition) is 1. The molecule has 0 amide bonds. The SMILES string of the molecule is COC(=S)N(O)c1cc(Cl)ccc1COc1ccc(F)cc1C. The maximum absolute atomic E-state index is 13.1. The summed E-state index contributed by atoms with van der Waals surface area (Å²) in [4.78, 5) is 0. The third kappa shape index (κ3) is 4.31. The molecule has 0 atom stereocenters. The van der Waals surface area contributed by atoms with E-state index >= 15 is 0 Å². The Morgan fingerprint density at radius 1 is 1.30 bits per heavy atom. The van der Waals surface area contributed by atoms with Gasteiger partial charge in [-0.05, 0) is 55.0 Å². The van der Waals surface area contributed by atoms with Gasteiger partial charge in [0.15, 0.2) is 0 Å². The summed E-state index contributed by atoms with van der Waals surface area (Å²) in [7, 11) is 1.36. The average Bonchev–Trinajstić information content (AvgIpc) is 2.53. The fourth-order valence-electron chi connectivity index (χ4n) is 1.97. The number of ether oxygens (including phenoxy) is 2. The number of thiocarbonyl (C=S) groups is 1. The van der Waals surface area contributed by atoms with Crippen LogP contribution in [0.2, 0.25) is 5.02 Å². The quantitative estimate of drug-likeness (QED) is 0.646. The minimum atomic E-state index is -0.325. The van der Waals surface area contributed by atoms with Gasteiger partial charge in [0.2, 0.25) is 0 Å². The first-order valence-corrected chi connectivity index (χ1v) is 7.45. The smallest absolute Gasteiger partial charge is 0.288 e. The summed E-state index contributed by atoms with van der Waals surface area (Å²) < 4.78 is 23.6.